The molecule has 2 aromatic carbocycles. The molecule has 0 bridgehead atoms. The van der Waals surface area contributed by atoms with E-state index < -0.39 is 17.6 Å². The standard InChI is InChI=1S/C25H19N3O6S/c1-3-32-24(31)18-12(2)26-25-28(20(18)13-8-9-16-17(10-13)34-11-33-16)23(30)21(35-25)19-14-6-4-5-7-15(14)27-22(19)29/h4-10,20H,3,11H2,1-2H3,(H,27,29)/b21-19+. The number of nitrogens with zero attached hydrogens (tertiary/aromatic N) is 2. The minimum atomic E-state index is -0.811. The number of carbonyl (C=O) groups is 2. The van der Waals surface area contributed by atoms with Crippen LogP contribution in [0.3, 0.4) is 0 Å². The molecule has 0 radical (unpaired) electrons. The predicted octanol–water partition coefficient (Wildman–Crippen LogP) is 1.85. The molecule has 1 aromatic heterocycles. The summed E-state index contributed by atoms with van der Waals surface area (Å²) < 4.78 is 18.0. The number of para-hydroxylation sites is 1. The topological polar surface area (TPSA) is 108 Å². The van der Waals surface area contributed by atoms with E-state index >= 15 is 0 Å². The van der Waals surface area contributed by atoms with Crippen molar-refractivity contribution in [1.29, 1.82) is 0 Å². The van der Waals surface area contributed by atoms with Crippen molar-refractivity contribution in [2.45, 2.75) is 19.9 Å². The zero-order chi connectivity index (χ0) is 24.3. The number of ether oxygens (including phenoxy) is 3. The van der Waals surface area contributed by atoms with Gasteiger partial charge in [0.2, 0.25) is 6.79 Å². The first kappa shape index (κ1) is 21.4. The fourth-order valence-electron chi connectivity index (χ4n) is 4.58. The van der Waals surface area contributed by atoms with Gasteiger partial charge in [0.15, 0.2) is 16.3 Å². The number of esters is 1. The molecule has 0 saturated heterocycles. The van der Waals surface area contributed by atoms with E-state index in [0.717, 1.165) is 11.3 Å². The lowest BCUT2D eigenvalue weighted by Crippen LogP contribution is -2.40. The van der Waals surface area contributed by atoms with Gasteiger partial charge >= 0.3 is 5.97 Å². The number of hydrogen-bond donors (Lipinski definition) is 1. The normalized spacial score (nSPS) is 19.1. The Morgan fingerprint density at radius 1 is 1.20 bits per heavy atom. The quantitative estimate of drug-likeness (QED) is 0.563. The van der Waals surface area contributed by atoms with E-state index in [-0.39, 0.29) is 29.4 Å². The third-order valence-electron chi connectivity index (χ3n) is 6.10. The summed E-state index contributed by atoms with van der Waals surface area (Å²) in [5.74, 6) is 0.200. The molecule has 0 fully saturated rings. The molecule has 0 aliphatic carbocycles. The van der Waals surface area contributed by atoms with Gasteiger partial charge < -0.3 is 19.5 Å². The number of benzene rings is 2. The fourth-order valence-corrected chi connectivity index (χ4v) is 5.73. The molecular formula is C25H19N3O6S. The summed E-state index contributed by atoms with van der Waals surface area (Å²) in [4.78, 5) is 44.8. The van der Waals surface area contributed by atoms with Gasteiger partial charge in [0.05, 0.1) is 29.5 Å². The van der Waals surface area contributed by atoms with E-state index in [9.17, 15) is 14.4 Å². The van der Waals surface area contributed by atoms with Crippen molar-refractivity contribution in [1.82, 2.24) is 4.57 Å². The van der Waals surface area contributed by atoms with Crippen LogP contribution in [0.25, 0.3) is 5.57 Å². The summed E-state index contributed by atoms with van der Waals surface area (Å²) in [7, 11) is 0. The van der Waals surface area contributed by atoms with Crippen LogP contribution in [-0.2, 0) is 14.3 Å². The Balaban J connectivity index is 1.64. The zero-order valence-corrected chi connectivity index (χ0v) is 19.6. The van der Waals surface area contributed by atoms with Crippen LogP contribution in [0, 0.1) is 0 Å². The lowest BCUT2D eigenvalue weighted by molar-refractivity contribution is -0.139. The number of amides is 1. The Kier molecular flexibility index (Phi) is 4.85. The molecule has 4 heterocycles. The van der Waals surface area contributed by atoms with Crippen LogP contribution in [0.15, 0.2) is 63.5 Å². The fraction of sp³-hybridized carbons (Fsp3) is 0.200. The molecule has 3 aromatic rings. The van der Waals surface area contributed by atoms with E-state index in [1.165, 1.54) is 4.57 Å². The monoisotopic (exact) mass is 489 g/mol. The Morgan fingerprint density at radius 3 is 2.83 bits per heavy atom. The molecule has 3 aliphatic rings. The van der Waals surface area contributed by atoms with Gasteiger partial charge in [0, 0.05) is 11.3 Å². The van der Waals surface area contributed by atoms with Crippen LogP contribution in [0.2, 0.25) is 0 Å². The average Bonchev–Trinajstić information content (AvgIpc) is 3.52. The van der Waals surface area contributed by atoms with E-state index in [0.29, 0.717) is 44.4 Å². The third-order valence-corrected chi connectivity index (χ3v) is 7.16. The Hall–Kier alpha value is -4.18. The number of aromatic nitrogens is 1. The molecule has 35 heavy (non-hydrogen) atoms. The van der Waals surface area contributed by atoms with Crippen LogP contribution in [0.4, 0.5) is 5.69 Å². The first-order chi connectivity index (χ1) is 17.0. The SMILES string of the molecule is CCOC(=O)C1=C(C)N=c2s/c(=C3/C(=O)Nc4ccccc43)c(=O)n2C1c1ccc2c(c1)OCO2. The number of fused-ring (bicyclic) bond motifs is 3. The van der Waals surface area contributed by atoms with Crippen molar-refractivity contribution >= 4 is 34.5 Å². The van der Waals surface area contributed by atoms with Crippen LogP contribution in [0.1, 0.15) is 31.0 Å². The van der Waals surface area contributed by atoms with Gasteiger partial charge in [-0.3, -0.25) is 14.2 Å². The minimum absolute atomic E-state index is 0.0963. The second-order valence-corrected chi connectivity index (χ2v) is 9.09. The van der Waals surface area contributed by atoms with E-state index in [1.807, 2.05) is 12.1 Å². The summed E-state index contributed by atoms with van der Waals surface area (Å²) >= 11 is 1.12. The highest BCUT2D eigenvalue weighted by atomic mass is 32.1. The van der Waals surface area contributed by atoms with Gasteiger partial charge in [-0.1, -0.05) is 35.6 Å². The van der Waals surface area contributed by atoms with Crippen molar-refractivity contribution in [2.75, 3.05) is 18.7 Å². The molecule has 176 valence electrons. The van der Waals surface area contributed by atoms with Gasteiger partial charge in [-0.15, -0.1) is 0 Å². The van der Waals surface area contributed by atoms with Gasteiger partial charge in [0.25, 0.3) is 11.5 Å². The number of hydrogen-bond acceptors (Lipinski definition) is 8. The second kappa shape index (κ2) is 7.95. The number of thiazole rings is 1. The highest BCUT2D eigenvalue weighted by Crippen LogP contribution is 2.38. The lowest BCUT2D eigenvalue weighted by Gasteiger charge is -2.24. The molecular weight excluding hydrogens is 470 g/mol. The van der Waals surface area contributed by atoms with Crippen molar-refractivity contribution in [2.24, 2.45) is 4.99 Å². The molecule has 1 N–H and O–H groups in total. The zero-order valence-electron chi connectivity index (χ0n) is 18.8. The summed E-state index contributed by atoms with van der Waals surface area (Å²) in [6.45, 7) is 3.70. The molecule has 1 amide bonds. The van der Waals surface area contributed by atoms with Crippen LogP contribution >= 0.6 is 11.3 Å². The van der Waals surface area contributed by atoms with Gasteiger partial charge in [-0.25, -0.2) is 9.79 Å². The van der Waals surface area contributed by atoms with Crippen molar-refractivity contribution in [3.63, 3.8) is 0 Å². The molecule has 0 saturated carbocycles. The Labute approximate surface area is 202 Å². The highest BCUT2D eigenvalue weighted by molar-refractivity contribution is 7.07. The number of allylic oxidation sites excluding steroid dienone is 1. The summed E-state index contributed by atoms with van der Waals surface area (Å²) in [6, 6.07) is 11.7. The summed E-state index contributed by atoms with van der Waals surface area (Å²) in [5, 5.41) is 2.81. The molecule has 6 rings (SSSR count). The number of nitrogens with one attached hydrogen (secondary N) is 1. The highest BCUT2D eigenvalue weighted by Gasteiger charge is 2.35. The Bertz CT molecular complexity index is 1650. The van der Waals surface area contributed by atoms with Crippen LogP contribution in [0.5, 0.6) is 11.5 Å². The second-order valence-electron chi connectivity index (χ2n) is 8.11. The maximum atomic E-state index is 13.9. The predicted molar refractivity (Wildman–Crippen MR) is 127 cm³/mol. The number of rotatable bonds is 3. The van der Waals surface area contributed by atoms with Crippen molar-refractivity contribution < 1.29 is 23.8 Å². The van der Waals surface area contributed by atoms with Crippen LogP contribution in [-0.4, -0.2) is 29.8 Å². The average molecular weight is 490 g/mol. The van der Waals surface area contributed by atoms with Crippen molar-refractivity contribution in [3.8, 4) is 11.5 Å². The van der Waals surface area contributed by atoms with E-state index in [1.54, 1.807) is 44.2 Å². The molecule has 9 nitrogen and oxygen atoms in total. The van der Waals surface area contributed by atoms with Crippen molar-refractivity contribution in [3.05, 3.63) is 84.5 Å². The maximum absolute atomic E-state index is 13.9. The number of anilines is 1. The van der Waals surface area contributed by atoms with E-state index in [2.05, 4.69) is 10.3 Å². The lowest BCUT2D eigenvalue weighted by atomic mass is 9.95. The first-order valence-electron chi connectivity index (χ1n) is 11.0. The van der Waals surface area contributed by atoms with Crippen LogP contribution < -0.4 is 29.7 Å². The van der Waals surface area contributed by atoms with Gasteiger partial charge in [-0.05, 0) is 37.6 Å². The molecule has 1 unspecified atom stereocenters. The summed E-state index contributed by atoms with van der Waals surface area (Å²) in [6.07, 6.45) is 0. The van der Waals surface area contributed by atoms with E-state index in [4.69, 9.17) is 14.2 Å². The third kappa shape index (κ3) is 3.21. The van der Waals surface area contributed by atoms with Gasteiger partial charge in [-0.2, -0.15) is 0 Å². The Morgan fingerprint density at radius 2 is 2.00 bits per heavy atom. The minimum Gasteiger partial charge on any atom is -0.463 e. The maximum Gasteiger partial charge on any atom is 0.338 e. The largest absolute Gasteiger partial charge is 0.463 e. The molecule has 10 heteroatoms. The van der Waals surface area contributed by atoms with Gasteiger partial charge in [0.1, 0.15) is 4.53 Å². The number of carbonyl (C=O) groups excluding carboxylic acids is 2. The molecule has 3 aliphatic heterocycles. The first-order valence-corrected chi connectivity index (χ1v) is 11.8. The molecule has 0 spiro atoms. The smallest absolute Gasteiger partial charge is 0.338 e. The summed E-state index contributed by atoms with van der Waals surface area (Å²) in [5.41, 5.74) is 2.53. The molecule has 1 atom stereocenters.